The van der Waals surface area contributed by atoms with E-state index >= 15 is 0 Å². The summed E-state index contributed by atoms with van der Waals surface area (Å²) in [5.41, 5.74) is 2.82. The van der Waals surface area contributed by atoms with Gasteiger partial charge in [0.1, 0.15) is 5.75 Å². The van der Waals surface area contributed by atoms with E-state index in [1.54, 1.807) is 24.3 Å². The maximum Gasteiger partial charge on any atom is 0.270 e. The van der Waals surface area contributed by atoms with Gasteiger partial charge in [-0.3, -0.25) is 19.8 Å². The van der Waals surface area contributed by atoms with Crippen molar-refractivity contribution in [1.29, 1.82) is 0 Å². The minimum Gasteiger partial charge on any atom is -0.497 e. The lowest BCUT2D eigenvalue weighted by atomic mass is 9.85. The highest BCUT2D eigenvalue weighted by molar-refractivity contribution is 6.08. The fourth-order valence-electron chi connectivity index (χ4n) is 3.92. The van der Waals surface area contributed by atoms with E-state index in [-0.39, 0.29) is 35.5 Å². The van der Waals surface area contributed by atoms with Crippen molar-refractivity contribution in [3.05, 3.63) is 42.0 Å². The predicted molar refractivity (Wildman–Crippen MR) is 80.0 cm³/mol. The maximum atomic E-state index is 12.5. The molecule has 3 amide bonds. The van der Waals surface area contributed by atoms with Crippen LogP contribution in [-0.4, -0.2) is 29.8 Å². The monoisotopic (exact) mass is 312 g/mol. The topological polar surface area (TPSA) is 75.7 Å². The molecule has 6 nitrogen and oxygen atoms in total. The van der Waals surface area contributed by atoms with Crippen molar-refractivity contribution in [2.45, 2.75) is 6.42 Å². The summed E-state index contributed by atoms with van der Waals surface area (Å²) in [6.45, 7) is 0. The molecule has 4 rings (SSSR count). The molecule has 1 aromatic carbocycles. The van der Waals surface area contributed by atoms with Crippen LogP contribution >= 0.6 is 0 Å². The molecule has 2 fully saturated rings. The van der Waals surface area contributed by atoms with Crippen LogP contribution in [-0.2, 0) is 9.59 Å². The Morgan fingerprint density at radius 2 is 1.65 bits per heavy atom. The molecule has 4 atom stereocenters. The van der Waals surface area contributed by atoms with E-state index < -0.39 is 5.91 Å². The third-order valence-corrected chi connectivity index (χ3v) is 5.04. The lowest BCUT2D eigenvalue weighted by Gasteiger charge is -2.18. The molecule has 6 heteroatoms. The number of hydrogen-bond donors (Lipinski definition) is 1. The Balaban J connectivity index is 1.52. The van der Waals surface area contributed by atoms with Gasteiger partial charge in [0.25, 0.3) is 17.7 Å². The van der Waals surface area contributed by atoms with Crippen LogP contribution < -0.4 is 10.2 Å². The number of nitrogens with zero attached hydrogens (tertiary/aromatic N) is 1. The Kier molecular flexibility index (Phi) is 3.01. The summed E-state index contributed by atoms with van der Waals surface area (Å²) in [6, 6.07) is 6.49. The van der Waals surface area contributed by atoms with E-state index in [4.69, 9.17) is 4.74 Å². The molecular formula is C17H16N2O4. The van der Waals surface area contributed by atoms with Gasteiger partial charge in [0.2, 0.25) is 0 Å². The van der Waals surface area contributed by atoms with Crippen molar-refractivity contribution in [3.63, 3.8) is 0 Å². The number of hydrazine groups is 1. The van der Waals surface area contributed by atoms with Crippen molar-refractivity contribution >= 4 is 17.7 Å². The zero-order valence-electron chi connectivity index (χ0n) is 12.6. The smallest absolute Gasteiger partial charge is 0.270 e. The van der Waals surface area contributed by atoms with Gasteiger partial charge in [-0.05, 0) is 42.5 Å². The van der Waals surface area contributed by atoms with E-state index in [0.29, 0.717) is 11.3 Å². The number of allylic oxidation sites excluding steroid dienone is 2. The second-order valence-electron chi connectivity index (χ2n) is 6.18. The van der Waals surface area contributed by atoms with Gasteiger partial charge in [0.05, 0.1) is 18.9 Å². The first-order valence-electron chi connectivity index (χ1n) is 7.61. The van der Waals surface area contributed by atoms with Gasteiger partial charge in [-0.25, -0.2) is 0 Å². The fraction of sp³-hybridized carbons (Fsp3) is 0.353. The predicted octanol–water partition coefficient (Wildman–Crippen LogP) is 1.15. The molecule has 0 spiro atoms. The van der Waals surface area contributed by atoms with Gasteiger partial charge in [0.15, 0.2) is 0 Å². The minimum absolute atomic E-state index is 0.129. The molecule has 1 aromatic rings. The Labute approximate surface area is 133 Å². The number of fused-ring (bicyclic) bond motifs is 5. The first-order chi connectivity index (χ1) is 11.1. The highest BCUT2D eigenvalue weighted by Gasteiger charge is 2.59. The van der Waals surface area contributed by atoms with Crippen LogP contribution in [0.25, 0.3) is 0 Å². The largest absolute Gasteiger partial charge is 0.497 e. The van der Waals surface area contributed by atoms with Gasteiger partial charge >= 0.3 is 0 Å². The van der Waals surface area contributed by atoms with Crippen molar-refractivity contribution < 1.29 is 19.1 Å². The number of hydrogen-bond acceptors (Lipinski definition) is 4. The Morgan fingerprint density at radius 1 is 1.09 bits per heavy atom. The third-order valence-electron chi connectivity index (χ3n) is 5.04. The lowest BCUT2D eigenvalue weighted by molar-refractivity contribution is -0.143. The molecule has 0 radical (unpaired) electrons. The summed E-state index contributed by atoms with van der Waals surface area (Å²) in [5, 5.41) is 0.911. The summed E-state index contributed by atoms with van der Waals surface area (Å²) in [7, 11) is 1.54. The second-order valence-corrected chi connectivity index (χ2v) is 6.18. The van der Waals surface area contributed by atoms with Gasteiger partial charge in [0, 0.05) is 5.56 Å². The zero-order chi connectivity index (χ0) is 16.1. The maximum absolute atomic E-state index is 12.5. The fourth-order valence-corrected chi connectivity index (χ4v) is 3.92. The van der Waals surface area contributed by atoms with Crippen LogP contribution in [0.1, 0.15) is 16.8 Å². The molecule has 1 heterocycles. The Bertz CT molecular complexity index is 695. The van der Waals surface area contributed by atoms with Crippen LogP contribution in [0.15, 0.2) is 36.4 Å². The lowest BCUT2D eigenvalue weighted by Crippen LogP contribution is -2.47. The molecule has 1 N–H and O–H groups in total. The molecule has 1 saturated carbocycles. The van der Waals surface area contributed by atoms with Crippen molar-refractivity contribution in [1.82, 2.24) is 10.4 Å². The first-order valence-corrected chi connectivity index (χ1v) is 7.61. The van der Waals surface area contributed by atoms with Crippen LogP contribution in [0.4, 0.5) is 0 Å². The number of ether oxygens (including phenoxy) is 1. The summed E-state index contributed by atoms with van der Waals surface area (Å²) in [5.74, 6) is -0.796. The molecule has 2 bridgehead atoms. The molecule has 23 heavy (non-hydrogen) atoms. The average Bonchev–Trinajstić information content (AvgIpc) is 3.24. The summed E-state index contributed by atoms with van der Waals surface area (Å²) in [6.07, 6.45) is 4.91. The molecular weight excluding hydrogens is 296 g/mol. The number of benzene rings is 1. The van der Waals surface area contributed by atoms with E-state index in [0.717, 1.165) is 11.4 Å². The van der Waals surface area contributed by atoms with Crippen LogP contribution in [0.3, 0.4) is 0 Å². The number of amides is 3. The van der Waals surface area contributed by atoms with E-state index in [1.165, 1.54) is 7.11 Å². The van der Waals surface area contributed by atoms with Crippen molar-refractivity contribution in [3.8, 4) is 5.75 Å². The zero-order valence-corrected chi connectivity index (χ0v) is 12.6. The van der Waals surface area contributed by atoms with E-state index in [9.17, 15) is 14.4 Å². The van der Waals surface area contributed by atoms with E-state index in [2.05, 4.69) is 5.43 Å². The number of carbonyl (C=O) groups is 3. The first kappa shape index (κ1) is 14.0. The number of nitrogens with one attached hydrogen (secondary N) is 1. The second kappa shape index (κ2) is 4.94. The summed E-state index contributed by atoms with van der Waals surface area (Å²) >= 11 is 0. The summed E-state index contributed by atoms with van der Waals surface area (Å²) in [4.78, 5) is 37.3. The molecule has 1 aliphatic heterocycles. The number of carbonyl (C=O) groups excluding carboxylic acids is 3. The molecule has 3 aliphatic rings. The minimum atomic E-state index is -0.477. The Hall–Kier alpha value is -2.63. The molecule has 1 saturated heterocycles. The quantitative estimate of drug-likeness (QED) is 0.671. The number of methoxy groups -OCH3 is 1. The van der Waals surface area contributed by atoms with E-state index in [1.807, 2.05) is 12.2 Å². The SMILES string of the molecule is COc1ccc(C(=O)NN2C(=O)[C@@H]3[C@@H](C2=O)[C@H]2C=C[C@H]3C2)cc1. The highest BCUT2D eigenvalue weighted by atomic mass is 16.5. The molecule has 0 unspecified atom stereocenters. The normalized spacial score (nSPS) is 30.7. The van der Waals surface area contributed by atoms with Crippen LogP contribution in [0.5, 0.6) is 5.75 Å². The molecule has 118 valence electrons. The third kappa shape index (κ3) is 1.98. The van der Waals surface area contributed by atoms with Gasteiger partial charge in [-0.15, -0.1) is 0 Å². The van der Waals surface area contributed by atoms with Crippen molar-refractivity contribution in [2.24, 2.45) is 23.7 Å². The van der Waals surface area contributed by atoms with Crippen LogP contribution in [0, 0.1) is 23.7 Å². The van der Waals surface area contributed by atoms with Gasteiger partial charge < -0.3 is 4.74 Å². The van der Waals surface area contributed by atoms with Crippen molar-refractivity contribution in [2.75, 3.05) is 7.11 Å². The summed E-state index contributed by atoms with van der Waals surface area (Å²) < 4.78 is 5.04. The van der Waals surface area contributed by atoms with Gasteiger partial charge in [-0.2, -0.15) is 5.01 Å². The average molecular weight is 312 g/mol. The molecule has 0 aromatic heterocycles. The van der Waals surface area contributed by atoms with Gasteiger partial charge in [-0.1, -0.05) is 12.2 Å². The Morgan fingerprint density at radius 3 is 2.17 bits per heavy atom. The number of rotatable bonds is 3. The standard InChI is InChI=1S/C17H16N2O4/c1-23-12-6-4-9(5-7-12)15(20)18-19-16(21)13-10-2-3-11(8-10)14(13)17(19)22/h2-7,10-11,13-14H,8H2,1H3,(H,18,20)/t10-,11-,13-,14-/m0/s1. The number of imide groups is 1. The molecule has 2 aliphatic carbocycles. The van der Waals surface area contributed by atoms with Crippen LogP contribution in [0.2, 0.25) is 0 Å². The highest BCUT2D eigenvalue weighted by Crippen LogP contribution is 2.52.